The highest BCUT2D eigenvalue weighted by Crippen LogP contribution is 2.18. The number of halogens is 1. The van der Waals surface area contributed by atoms with Gasteiger partial charge >= 0.3 is 0 Å². The Labute approximate surface area is 124 Å². The number of ether oxygens (including phenoxy) is 1. The Morgan fingerprint density at radius 2 is 2.05 bits per heavy atom. The van der Waals surface area contributed by atoms with Crippen molar-refractivity contribution in [3.05, 3.63) is 30.1 Å². The quantitative estimate of drug-likeness (QED) is 0.907. The highest BCUT2D eigenvalue weighted by atomic mass is 19.1. The van der Waals surface area contributed by atoms with Gasteiger partial charge in [-0.3, -0.25) is 4.79 Å². The topological polar surface area (TPSA) is 49.8 Å². The minimum absolute atomic E-state index is 0.0121. The molecule has 0 aromatic heterocycles. The fourth-order valence-corrected chi connectivity index (χ4v) is 2.63. The third kappa shape index (κ3) is 4.70. The van der Waals surface area contributed by atoms with Gasteiger partial charge in [0.1, 0.15) is 11.6 Å². The predicted molar refractivity (Wildman–Crippen MR) is 77.6 cm³/mol. The van der Waals surface area contributed by atoms with Crippen LogP contribution in [-0.2, 0) is 4.79 Å². The zero-order valence-electron chi connectivity index (χ0n) is 12.1. The lowest BCUT2D eigenvalue weighted by Crippen LogP contribution is -2.42. The second-order valence-corrected chi connectivity index (χ2v) is 5.33. The van der Waals surface area contributed by atoms with Gasteiger partial charge < -0.3 is 14.7 Å². The molecule has 0 spiro atoms. The molecule has 4 nitrogen and oxygen atoms in total. The Hall–Kier alpha value is -1.62. The van der Waals surface area contributed by atoms with E-state index >= 15 is 0 Å². The standard InChI is InChI=1S/C16H22FNO3/c17-13-5-7-15(8-6-13)21-11-9-16(20)18-10-3-1-2-4-14(18)12-19/h5-8,14,19H,1-4,9-12H2. The van der Waals surface area contributed by atoms with Crippen LogP contribution in [0, 0.1) is 5.82 Å². The van der Waals surface area contributed by atoms with Gasteiger partial charge in [-0.2, -0.15) is 0 Å². The molecule has 1 aliphatic heterocycles. The molecule has 0 bridgehead atoms. The van der Waals surface area contributed by atoms with Gasteiger partial charge in [-0.05, 0) is 37.1 Å². The van der Waals surface area contributed by atoms with Crippen molar-refractivity contribution in [3.8, 4) is 5.75 Å². The Kier molecular flexibility index (Phi) is 5.99. The first-order valence-electron chi connectivity index (χ1n) is 7.49. The van der Waals surface area contributed by atoms with E-state index in [0.29, 0.717) is 12.3 Å². The van der Waals surface area contributed by atoms with Crippen LogP contribution in [0.5, 0.6) is 5.75 Å². The number of aliphatic hydroxyl groups excluding tert-OH is 1. The van der Waals surface area contributed by atoms with Crippen molar-refractivity contribution in [3.63, 3.8) is 0 Å². The summed E-state index contributed by atoms with van der Waals surface area (Å²) in [6.07, 6.45) is 4.28. The van der Waals surface area contributed by atoms with Crippen LogP contribution in [-0.4, -0.2) is 41.7 Å². The normalized spacial score (nSPS) is 19.1. The fraction of sp³-hybridized carbons (Fsp3) is 0.562. The van der Waals surface area contributed by atoms with Gasteiger partial charge in [0.05, 0.1) is 25.7 Å². The molecule has 1 fully saturated rings. The minimum Gasteiger partial charge on any atom is -0.493 e. The number of benzene rings is 1. The average Bonchev–Trinajstić information content (AvgIpc) is 2.74. The number of rotatable bonds is 5. The molecule has 0 aliphatic carbocycles. The summed E-state index contributed by atoms with van der Waals surface area (Å²) in [6, 6.07) is 5.68. The van der Waals surface area contributed by atoms with Gasteiger partial charge in [-0.15, -0.1) is 0 Å². The van der Waals surface area contributed by atoms with E-state index in [-0.39, 0.29) is 37.4 Å². The summed E-state index contributed by atoms with van der Waals surface area (Å²) in [6.45, 7) is 0.990. The van der Waals surface area contributed by atoms with Crippen LogP contribution in [0.2, 0.25) is 0 Å². The first kappa shape index (κ1) is 15.8. The summed E-state index contributed by atoms with van der Waals surface area (Å²) in [5, 5.41) is 9.40. The van der Waals surface area contributed by atoms with E-state index < -0.39 is 0 Å². The number of carbonyl (C=O) groups excluding carboxylic acids is 1. The first-order chi connectivity index (χ1) is 10.2. The summed E-state index contributed by atoms with van der Waals surface area (Å²) >= 11 is 0. The zero-order chi connectivity index (χ0) is 15.1. The molecule has 0 saturated carbocycles. The molecule has 21 heavy (non-hydrogen) atoms. The van der Waals surface area contributed by atoms with Crippen molar-refractivity contribution in [2.45, 2.75) is 38.1 Å². The van der Waals surface area contributed by atoms with Crippen LogP contribution >= 0.6 is 0 Å². The molecule has 1 heterocycles. The van der Waals surface area contributed by atoms with Crippen molar-refractivity contribution in [1.29, 1.82) is 0 Å². The monoisotopic (exact) mass is 295 g/mol. The average molecular weight is 295 g/mol. The van der Waals surface area contributed by atoms with E-state index in [4.69, 9.17) is 4.74 Å². The Balaban J connectivity index is 1.81. The predicted octanol–water partition coefficient (Wildman–Crippen LogP) is 2.36. The Bertz CT molecular complexity index is 449. The second kappa shape index (κ2) is 7.98. The third-order valence-electron chi connectivity index (χ3n) is 3.81. The molecule has 1 aromatic rings. The third-order valence-corrected chi connectivity index (χ3v) is 3.81. The van der Waals surface area contributed by atoms with Crippen molar-refractivity contribution in [2.24, 2.45) is 0 Å². The van der Waals surface area contributed by atoms with Crippen molar-refractivity contribution in [1.82, 2.24) is 4.90 Å². The summed E-state index contributed by atoms with van der Waals surface area (Å²) in [4.78, 5) is 14.0. The molecular formula is C16H22FNO3. The molecule has 1 atom stereocenters. The first-order valence-corrected chi connectivity index (χ1v) is 7.49. The van der Waals surface area contributed by atoms with Gasteiger partial charge in [-0.25, -0.2) is 4.39 Å². The molecule has 116 valence electrons. The van der Waals surface area contributed by atoms with Crippen LogP contribution in [0.15, 0.2) is 24.3 Å². The zero-order valence-corrected chi connectivity index (χ0v) is 12.1. The van der Waals surface area contributed by atoms with E-state index in [0.717, 1.165) is 25.7 Å². The number of amides is 1. The molecule has 0 radical (unpaired) electrons. The number of hydrogen-bond acceptors (Lipinski definition) is 3. The molecule has 1 aliphatic rings. The van der Waals surface area contributed by atoms with Crippen molar-refractivity contribution >= 4 is 5.91 Å². The summed E-state index contributed by atoms with van der Waals surface area (Å²) in [5.74, 6) is 0.255. The second-order valence-electron chi connectivity index (χ2n) is 5.33. The number of nitrogens with zero attached hydrogens (tertiary/aromatic N) is 1. The highest BCUT2D eigenvalue weighted by Gasteiger charge is 2.24. The number of likely N-dealkylation sites (tertiary alicyclic amines) is 1. The van der Waals surface area contributed by atoms with Crippen LogP contribution in [0.3, 0.4) is 0 Å². The molecule has 1 amide bonds. The maximum atomic E-state index is 12.8. The largest absolute Gasteiger partial charge is 0.493 e. The molecule has 2 rings (SSSR count). The van der Waals surface area contributed by atoms with Gasteiger partial charge in [-0.1, -0.05) is 12.8 Å². The van der Waals surface area contributed by atoms with Crippen LogP contribution < -0.4 is 4.74 Å². The van der Waals surface area contributed by atoms with Gasteiger partial charge in [0.15, 0.2) is 0 Å². The van der Waals surface area contributed by atoms with E-state index in [9.17, 15) is 14.3 Å². The van der Waals surface area contributed by atoms with E-state index in [1.54, 1.807) is 17.0 Å². The van der Waals surface area contributed by atoms with E-state index in [1.807, 2.05) is 0 Å². The maximum Gasteiger partial charge on any atom is 0.226 e. The lowest BCUT2D eigenvalue weighted by atomic mass is 10.1. The lowest BCUT2D eigenvalue weighted by molar-refractivity contribution is -0.134. The van der Waals surface area contributed by atoms with Crippen molar-refractivity contribution < 1.29 is 19.0 Å². The van der Waals surface area contributed by atoms with Crippen LogP contribution in [0.1, 0.15) is 32.1 Å². The van der Waals surface area contributed by atoms with E-state index in [1.165, 1.54) is 12.1 Å². The van der Waals surface area contributed by atoms with Gasteiger partial charge in [0, 0.05) is 6.54 Å². The summed E-state index contributed by atoms with van der Waals surface area (Å²) < 4.78 is 18.2. The van der Waals surface area contributed by atoms with Gasteiger partial charge in [0.2, 0.25) is 5.91 Å². The molecule has 1 saturated heterocycles. The SMILES string of the molecule is O=C(CCOc1ccc(F)cc1)N1CCCCCC1CO. The molecule has 1 N–H and O–H groups in total. The van der Waals surface area contributed by atoms with Crippen molar-refractivity contribution in [2.75, 3.05) is 19.8 Å². The van der Waals surface area contributed by atoms with Gasteiger partial charge in [0.25, 0.3) is 0 Å². The number of hydrogen-bond donors (Lipinski definition) is 1. The Morgan fingerprint density at radius 3 is 2.76 bits per heavy atom. The summed E-state index contributed by atoms with van der Waals surface area (Å²) in [7, 11) is 0. The Morgan fingerprint density at radius 1 is 1.29 bits per heavy atom. The van der Waals surface area contributed by atoms with E-state index in [2.05, 4.69) is 0 Å². The van der Waals surface area contributed by atoms with Crippen LogP contribution in [0.25, 0.3) is 0 Å². The smallest absolute Gasteiger partial charge is 0.226 e. The summed E-state index contributed by atoms with van der Waals surface area (Å²) in [5.41, 5.74) is 0. The molecule has 1 unspecified atom stereocenters. The number of aliphatic hydroxyl groups is 1. The lowest BCUT2D eigenvalue weighted by Gasteiger charge is -2.28. The van der Waals surface area contributed by atoms with Crippen LogP contribution in [0.4, 0.5) is 4.39 Å². The highest BCUT2D eigenvalue weighted by molar-refractivity contribution is 5.76. The molecule has 1 aromatic carbocycles. The maximum absolute atomic E-state index is 12.8. The number of carbonyl (C=O) groups is 1. The fourth-order valence-electron chi connectivity index (χ4n) is 2.63. The minimum atomic E-state index is -0.311. The molecule has 5 heteroatoms. The molecular weight excluding hydrogens is 273 g/mol.